The largest absolute Gasteiger partial charge is 0.493 e. The van der Waals surface area contributed by atoms with E-state index in [1.807, 2.05) is 48.5 Å². The normalized spacial score (nSPS) is 10.4. The summed E-state index contributed by atoms with van der Waals surface area (Å²) in [7, 11) is 1.61. The molecule has 0 fully saturated rings. The van der Waals surface area contributed by atoms with Gasteiger partial charge in [0.05, 0.1) is 13.7 Å². The lowest BCUT2D eigenvalue weighted by Crippen LogP contribution is -2.18. The molecule has 3 rings (SSSR count). The van der Waals surface area contributed by atoms with Crippen LogP contribution in [0, 0.1) is 0 Å². The summed E-state index contributed by atoms with van der Waals surface area (Å²) in [5.41, 5.74) is 10.7. The third-order valence-corrected chi connectivity index (χ3v) is 3.39. The van der Waals surface area contributed by atoms with Gasteiger partial charge in [0.2, 0.25) is 0 Å². The van der Waals surface area contributed by atoms with Crippen LogP contribution in [0.15, 0.2) is 48.5 Å². The van der Waals surface area contributed by atoms with Gasteiger partial charge in [0, 0.05) is 0 Å². The van der Waals surface area contributed by atoms with Gasteiger partial charge in [-0.3, -0.25) is 0 Å². The Balaban J connectivity index is 1.65. The maximum absolute atomic E-state index is 5.84. The number of nitrogens with zero attached hydrogens (tertiary/aromatic N) is 4. The summed E-state index contributed by atoms with van der Waals surface area (Å²) in [6, 6.07) is 15.7. The summed E-state index contributed by atoms with van der Waals surface area (Å²) in [6.45, 7) is 0.973. The first-order chi connectivity index (χ1) is 11.8. The lowest BCUT2D eigenvalue weighted by Gasteiger charge is -2.13. The number of anilines is 1. The first-order valence-electron chi connectivity index (χ1n) is 7.37. The fourth-order valence-corrected chi connectivity index (χ4v) is 2.15. The third kappa shape index (κ3) is 3.72. The van der Waals surface area contributed by atoms with Gasteiger partial charge in [0.1, 0.15) is 6.61 Å². The van der Waals surface area contributed by atoms with Crippen molar-refractivity contribution in [3.05, 3.63) is 59.7 Å². The van der Waals surface area contributed by atoms with E-state index in [4.69, 9.17) is 15.2 Å². The van der Waals surface area contributed by atoms with Crippen LogP contribution in [0.4, 0.5) is 5.95 Å². The molecule has 8 nitrogen and oxygen atoms in total. The van der Waals surface area contributed by atoms with Crippen LogP contribution >= 0.6 is 0 Å². The van der Waals surface area contributed by atoms with Crippen molar-refractivity contribution in [2.45, 2.75) is 13.2 Å². The number of nitrogens with one attached hydrogen (secondary N) is 1. The van der Waals surface area contributed by atoms with Crippen LogP contribution in [0.3, 0.4) is 0 Å². The van der Waals surface area contributed by atoms with Crippen LogP contribution in [0.1, 0.15) is 11.1 Å². The Morgan fingerprint density at radius 3 is 2.62 bits per heavy atom. The minimum Gasteiger partial charge on any atom is -0.493 e. The maximum Gasteiger partial charge on any atom is 0.260 e. The lowest BCUT2D eigenvalue weighted by atomic mass is 10.2. The van der Waals surface area contributed by atoms with Gasteiger partial charge < -0.3 is 20.6 Å². The van der Waals surface area contributed by atoms with Gasteiger partial charge in [-0.2, -0.15) is 0 Å². The number of rotatable bonds is 7. The number of hydrogen-bond acceptors (Lipinski definition) is 7. The van der Waals surface area contributed by atoms with E-state index in [-0.39, 0.29) is 5.95 Å². The maximum atomic E-state index is 5.84. The number of ether oxygens (including phenoxy) is 2. The molecule has 124 valence electrons. The van der Waals surface area contributed by atoms with Crippen molar-refractivity contribution in [3.63, 3.8) is 0 Å². The van der Waals surface area contributed by atoms with E-state index in [0.717, 1.165) is 11.1 Å². The van der Waals surface area contributed by atoms with E-state index >= 15 is 0 Å². The zero-order chi connectivity index (χ0) is 16.8. The Morgan fingerprint density at radius 1 is 1.08 bits per heavy atom. The fraction of sp³-hybridized carbons (Fsp3) is 0.188. The number of benzene rings is 2. The van der Waals surface area contributed by atoms with Crippen LogP contribution in [-0.4, -0.2) is 27.4 Å². The molecule has 0 atom stereocenters. The van der Waals surface area contributed by atoms with E-state index in [2.05, 4.69) is 21.0 Å². The second-order valence-corrected chi connectivity index (χ2v) is 5.04. The van der Waals surface area contributed by atoms with Gasteiger partial charge in [-0.15, -0.1) is 4.79 Å². The molecule has 0 aliphatic heterocycles. The molecule has 24 heavy (non-hydrogen) atoms. The second kappa shape index (κ2) is 7.32. The second-order valence-electron chi connectivity index (χ2n) is 5.04. The van der Waals surface area contributed by atoms with Gasteiger partial charge in [-0.05, 0) is 33.7 Å². The third-order valence-electron chi connectivity index (χ3n) is 3.39. The predicted molar refractivity (Wildman–Crippen MR) is 89.1 cm³/mol. The molecule has 0 aliphatic rings. The molecule has 0 amide bonds. The molecule has 1 heterocycles. The number of hydrogen-bond donors (Lipinski definition) is 2. The molecular weight excluding hydrogens is 308 g/mol. The van der Waals surface area contributed by atoms with Gasteiger partial charge in [-0.1, -0.05) is 41.5 Å². The average Bonchev–Trinajstić information content (AvgIpc) is 3.04. The van der Waals surface area contributed by atoms with E-state index < -0.39 is 0 Å². The Morgan fingerprint density at radius 2 is 1.92 bits per heavy atom. The number of nitrogens with two attached hydrogens (primary N) is 1. The van der Waals surface area contributed by atoms with Crippen LogP contribution in [-0.2, 0) is 13.2 Å². The lowest BCUT2D eigenvalue weighted by molar-refractivity contribution is 0.284. The Bertz CT molecular complexity index is 790. The number of nitrogen functional groups attached to an aromatic ring is 1. The van der Waals surface area contributed by atoms with Crippen LogP contribution in [0.2, 0.25) is 0 Å². The molecule has 0 unspecified atom stereocenters. The van der Waals surface area contributed by atoms with E-state index in [0.29, 0.717) is 24.7 Å². The summed E-state index contributed by atoms with van der Waals surface area (Å²) >= 11 is 0. The molecule has 3 aromatic rings. The molecule has 2 aromatic carbocycles. The molecule has 0 aliphatic carbocycles. The van der Waals surface area contributed by atoms with Gasteiger partial charge >= 0.3 is 0 Å². The van der Waals surface area contributed by atoms with Crippen molar-refractivity contribution < 1.29 is 9.47 Å². The first-order valence-corrected chi connectivity index (χ1v) is 7.37. The smallest absolute Gasteiger partial charge is 0.260 e. The Kier molecular flexibility index (Phi) is 4.76. The molecule has 0 bridgehead atoms. The highest BCUT2D eigenvalue weighted by atomic mass is 16.5. The average molecular weight is 326 g/mol. The topological polar surface area (TPSA) is 100 Å². The molecule has 3 N–H and O–H groups in total. The summed E-state index contributed by atoms with van der Waals surface area (Å²) in [6.07, 6.45) is 0. The van der Waals surface area contributed by atoms with Gasteiger partial charge in [0.25, 0.3) is 5.95 Å². The predicted octanol–water partition coefficient (Wildman–Crippen LogP) is 1.59. The van der Waals surface area contributed by atoms with Crippen molar-refractivity contribution in [2.75, 3.05) is 18.3 Å². The number of methoxy groups -OCH3 is 1. The van der Waals surface area contributed by atoms with Crippen LogP contribution in [0.5, 0.6) is 11.5 Å². The number of tetrazole rings is 1. The van der Waals surface area contributed by atoms with Crippen molar-refractivity contribution >= 4 is 5.95 Å². The molecule has 0 saturated heterocycles. The zero-order valence-electron chi connectivity index (χ0n) is 13.2. The Labute approximate surface area is 139 Å². The van der Waals surface area contributed by atoms with Crippen LogP contribution < -0.4 is 20.6 Å². The molecular formula is C16H18N6O2. The van der Waals surface area contributed by atoms with E-state index in [1.165, 1.54) is 4.79 Å². The first kappa shape index (κ1) is 15.6. The minimum atomic E-state index is 0.199. The van der Waals surface area contributed by atoms with E-state index in [1.54, 1.807) is 7.11 Å². The monoisotopic (exact) mass is 326 g/mol. The zero-order valence-corrected chi connectivity index (χ0v) is 13.2. The van der Waals surface area contributed by atoms with Crippen molar-refractivity contribution in [1.82, 2.24) is 20.3 Å². The van der Waals surface area contributed by atoms with Gasteiger partial charge in [-0.25, -0.2) is 0 Å². The quantitative estimate of drug-likeness (QED) is 0.680. The number of aromatic nitrogens is 4. The summed E-state index contributed by atoms with van der Waals surface area (Å²) in [4.78, 5) is 1.31. The highest BCUT2D eigenvalue weighted by Gasteiger charge is 2.07. The molecule has 8 heteroatoms. The molecule has 0 saturated carbocycles. The van der Waals surface area contributed by atoms with Gasteiger partial charge in [0.15, 0.2) is 11.5 Å². The highest BCUT2D eigenvalue weighted by molar-refractivity contribution is 5.43. The highest BCUT2D eigenvalue weighted by Crippen LogP contribution is 2.28. The van der Waals surface area contributed by atoms with Crippen molar-refractivity contribution in [2.24, 2.45) is 0 Å². The summed E-state index contributed by atoms with van der Waals surface area (Å²) in [5.74, 6) is 1.55. The standard InChI is InChI=1S/C16H18N6O2/c1-23-15-9-13(10-18-22-16(17)19-20-21-22)7-8-14(15)24-11-12-5-3-2-4-6-12/h2-9,18H,10-11H2,1H3,(H2,17,19,21). The van der Waals surface area contributed by atoms with Crippen molar-refractivity contribution in [3.8, 4) is 11.5 Å². The van der Waals surface area contributed by atoms with Crippen molar-refractivity contribution in [1.29, 1.82) is 0 Å². The molecule has 0 spiro atoms. The van der Waals surface area contributed by atoms with E-state index in [9.17, 15) is 0 Å². The molecule has 1 aromatic heterocycles. The minimum absolute atomic E-state index is 0.199. The molecule has 0 radical (unpaired) electrons. The van der Waals surface area contributed by atoms with Crippen LogP contribution in [0.25, 0.3) is 0 Å². The summed E-state index contributed by atoms with van der Waals surface area (Å²) in [5, 5.41) is 10.8. The SMILES string of the molecule is COc1cc(CNn2nnnc2N)ccc1OCc1ccccc1. The fourth-order valence-electron chi connectivity index (χ4n) is 2.15. The summed E-state index contributed by atoms with van der Waals surface area (Å²) < 4.78 is 11.2. The Hall–Kier alpha value is -3.29.